The van der Waals surface area contributed by atoms with Crippen molar-refractivity contribution in [2.45, 2.75) is 6.54 Å². The molecule has 5 nitrogen and oxygen atoms in total. The highest BCUT2D eigenvalue weighted by atomic mass is 35.5. The highest BCUT2D eigenvalue weighted by molar-refractivity contribution is 6.30. The Hall–Kier alpha value is -2.27. The molecule has 1 aromatic carbocycles. The van der Waals surface area contributed by atoms with E-state index in [0.29, 0.717) is 24.7 Å². The SMILES string of the molecule is O=C(NCCOc1ccc(Cl)cc1)NCc1ccncc1. The van der Waals surface area contributed by atoms with Gasteiger partial charge >= 0.3 is 6.03 Å². The molecule has 110 valence electrons. The van der Waals surface area contributed by atoms with E-state index in [9.17, 15) is 4.79 Å². The lowest BCUT2D eigenvalue weighted by Gasteiger charge is -2.09. The Morgan fingerprint density at radius 1 is 1.10 bits per heavy atom. The van der Waals surface area contributed by atoms with Gasteiger partial charge in [0.1, 0.15) is 12.4 Å². The van der Waals surface area contributed by atoms with Crippen molar-refractivity contribution >= 4 is 17.6 Å². The Bertz CT molecular complexity index is 561. The third-order valence-corrected chi connectivity index (χ3v) is 2.92. The van der Waals surface area contributed by atoms with Gasteiger partial charge in [-0.3, -0.25) is 4.98 Å². The summed E-state index contributed by atoms with van der Waals surface area (Å²) >= 11 is 5.78. The molecule has 1 heterocycles. The van der Waals surface area contributed by atoms with E-state index >= 15 is 0 Å². The molecule has 0 spiro atoms. The molecule has 0 bridgehead atoms. The van der Waals surface area contributed by atoms with Crippen molar-refractivity contribution in [2.75, 3.05) is 13.2 Å². The van der Waals surface area contributed by atoms with Gasteiger partial charge in [-0.05, 0) is 42.0 Å². The Kier molecular flexibility index (Phi) is 5.84. The summed E-state index contributed by atoms with van der Waals surface area (Å²) in [4.78, 5) is 15.5. The molecular weight excluding hydrogens is 290 g/mol. The maximum atomic E-state index is 11.6. The fraction of sp³-hybridized carbons (Fsp3) is 0.200. The van der Waals surface area contributed by atoms with Gasteiger partial charge in [-0.25, -0.2) is 4.79 Å². The van der Waals surface area contributed by atoms with Crippen LogP contribution < -0.4 is 15.4 Å². The Morgan fingerprint density at radius 3 is 2.52 bits per heavy atom. The van der Waals surface area contributed by atoms with Crippen molar-refractivity contribution in [3.63, 3.8) is 0 Å². The van der Waals surface area contributed by atoms with Crippen LogP contribution in [-0.2, 0) is 6.54 Å². The standard InChI is InChI=1S/C15H16ClN3O2/c16-13-1-3-14(4-2-13)21-10-9-18-15(20)19-11-12-5-7-17-8-6-12/h1-8H,9-11H2,(H2,18,19,20). The second-order valence-electron chi connectivity index (χ2n) is 4.27. The zero-order chi connectivity index (χ0) is 14.9. The number of ether oxygens (including phenoxy) is 1. The van der Waals surface area contributed by atoms with Crippen molar-refractivity contribution < 1.29 is 9.53 Å². The number of benzene rings is 1. The van der Waals surface area contributed by atoms with Gasteiger partial charge in [0.25, 0.3) is 0 Å². The summed E-state index contributed by atoms with van der Waals surface area (Å²) in [6.07, 6.45) is 3.38. The van der Waals surface area contributed by atoms with Crippen LogP contribution in [-0.4, -0.2) is 24.2 Å². The smallest absolute Gasteiger partial charge is 0.315 e. The van der Waals surface area contributed by atoms with Crippen LogP contribution in [0.1, 0.15) is 5.56 Å². The first-order valence-corrected chi connectivity index (χ1v) is 6.91. The van der Waals surface area contributed by atoms with Gasteiger partial charge in [0, 0.05) is 24.0 Å². The summed E-state index contributed by atoms with van der Waals surface area (Å²) in [5.74, 6) is 0.721. The number of nitrogens with one attached hydrogen (secondary N) is 2. The number of urea groups is 1. The number of aromatic nitrogens is 1. The van der Waals surface area contributed by atoms with E-state index in [1.54, 1.807) is 36.7 Å². The van der Waals surface area contributed by atoms with Crippen LogP contribution in [0.4, 0.5) is 4.79 Å². The minimum atomic E-state index is -0.230. The second-order valence-corrected chi connectivity index (χ2v) is 4.70. The van der Waals surface area contributed by atoms with Crippen LogP contribution in [0.25, 0.3) is 0 Å². The average Bonchev–Trinajstić information content (AvgIpc) is 2.52. The number of rotatable bonds is 6. The third-order valence-electron chi connectivity index (χ3n) is 2.67. The van der Waals surface area contributed by atoms with Gasteiger partial charge in [0.05, 0.1) is 6.54 Å². The van der Waals surface area contributed by atoms with Gasteiger partial charge in [0.2, 0.25) is 0 Å². The van der Waals surface area contributed by atoms with E-state index in [1.165, 1.54) is 0 Å². The summed E-state index contributed by atoms with van der Waals surface area (Å²) in [5, 5.41) is 6.13. The molecule has 1 aromatic heterocycles. The molecule has 21 heavy (non-hydrogen) atoms. The van der Waals surface area contributed by atoms with Crippen LogP contribution >= 0.6 is 11.6 Å². The molecule has 0 radical (unpaired) electrons. The summed E-state index contributed by atoms with van der Waals surface area (Å²) in [5.41, 5.74) is 0.998. The molecule has 0 unspecified atom stereocenters. The fourth-order valence-electron chi connectivity index (χ4n) is 1.61. The number of carbonyl (C=O) groups excluding carboxylic acids is 1. The van der Waals surface area contributed by atoms with Crippen molar-refractivity contribution in [1.82, 2.24) is 15.6 Å². The van der Waals surface area contributed by atoms with Crippen LogP contribution in [0.5, 0.6) is 5.75 Å². The lowest BCUT2D eigenvalue weighted by atomic mass is 10.3. The Labute approximate surface area is 128 Å². The van der Waals surface area contributed by atoms with Gasteiger partial charge in [-0.15, -0.1) is 0 Å². The fourth-order valence-corrected chi connectivity index (χ4v) is 1.74. The highest BCUT2D eigenvalue weighted by Crippen LogP contribution is 2.14. The summed E-state index contributed by atoms with van der Waals surface area (Å²) in [6.45, 7) is 1.28. The minimum Gasteiger partial charge on any atom is -0.492 e. The largest absolute Gasteiger partial charge is 0.492 e. The zero-order valence-electron chi connectivity index (χ0n) is 11.4. The molecule has 0 saturated heterocycles. The lowest BCUT2D eigenvalue weighted by Crippen LogP contribution is -2.37. The topological polar surface area (TPSA) is 63.2 Å². The van der Waals surface area contributed by atoms with Crippen molar-refractivity contribution in [1.29, 1.82) is 0 Å². The van der Waals surface area contributed by atoms with E-state index in [2.05, 4.69) is 15.6 Å². The Balaban J connectivity index is 1.60. The molecule has 0 aliphatic rings. The van der Waals surface area contributed by atoms with Gasteiger partial charge in [0.15, 0.2) is 0 Å². The summed E-state index contributed by atoms with van der Waals surface area (Å²) < 4.78 is 5.46. The minimum absolute atomic E-state index is 0.230. The number of carbonyl (C=O) groups is 1. The van der Waals surface area contributed by atoms with Gasteiger partial charge < -0.3 is 15.4 Å². The zero-order valence-corrected chi connectivity index (χ0v) is 12.1. The van der Waals surface area contributed by atoms with Crippen LogP contribution in [0, 0.1) is 0 Å². The Morgan fingerprint density at radius 2 is 1.81 bits per heavy atom. The average molecular weight is 306 g/mol. The molecular formula is C15H16ClN3O2. The van der Waals surface area contributed by atoms with E-state index in [-0.39, 0.29) is 6.03 Å². The van der Waals surface area contributed by atoms with E-state index < -0.39 is 0 Å². The van der Waals surface area contributed by atoms with Crippen molar-refractivity contribution in [3.8, 4) is 5.75 Å². The van der Waals surface area contributed by atoms with Gasteiger partial charge in [-0.1, -0.05) is 11.6 Å². The second kappa shape index (κ2) is 8.11. The molecule has 0 saturated carbocycles. The number of hydrogen-bond donors (Lipinski definition) is 2. The first kappa shape index (κ1) is 15.1. The molecule has 2 N–H and O–H groups in total. The number of hydrogen-bond acceptors (Lipinski definition) is 3. The molecule has 0 atom stereocenters. The monoisotopic (exact) mass is 305 g/mol. The molecule has 2 aromatic rings. The van der Waals surface area contributed by atoms with Crippen LogP contribution in [0.2, 0.25) is 5.02 Å². The van der Waals surface area contributed by atoms with Crippen molar-refractivity contribution in [2.24, 2.45) is 0 Å². The number of nitrogens with zero attached hydrogens (tertiary/aromatic N) is 1. The van der Waals surface area contributed by atoms with E-state index in [0.717, 1.165) is 11.3 Å². The lowest BCUT2D eigenvalue weighted by molar-refractivity contribution is 0.236. The number of halogens is 1. The molecule has 2 amide bonds. The van der Waals surface area contributed by atoms with Gasteiger partial charge in [-0.2, -0.15) is 0 Å². The highest BCUT2D eigenvalue weighted by Gasteiger charge is 2.00. The van der Waals surface area contributed by atoms with Crippen LogP contribution in [0.3, 0.4) is 0 Å². The molecule has 0 aliphatic heterocycles. The first-order chi connectivity index (χ1) is 10.2. The maximum absolute atomic E-state index is 11.6. The number of pyridine rings is 1. The van der Waals surface area contributed by atoms with E-state index in [4.69, 9.17) is 16.3 Å². The predicted molar refractivity (Wildman–Crippen MR) is 81.4 cm³/mol. The number of amides is 2. The third kappa shape index (κ3) is 5.71. The maximum Gasteiger partial charge on any atom is 0.315 e. The van der Waals surface area contributed by atoms with E-state index in [1.807, 2.05) is 12.1 Å². The molecule has 0 fully saturated rings. The summed E-state index contributed by atoms with van der Waals surface area (Å²) in [7, 11) is 0. The van der Waals surface area contributed by atoms with Crippen molar-refractivity contribution in [3.05, 3.63) is 59.4 Å². The predicted octanol–water partition coefficient (Wildman–Crippen LogP) is 2.61. The molecule has 0 aliphatic carbocycles. The first-order valence-electron chi connectivity index (χ1n) is 6.53. The van der Waals surface area contributed by atoms with Crippen LogP contribution in [0.15, 0.2) is 48.8 Å². The molecule has 2 rings (SSSR count). The molecule has 6 heteroatoms. The normalized spacial score (nSPS) is 9.95. The quantitative estimate of drug-likeness (QED) is 0.806. The summed E-state index contributed by atoms with van der Waals surface area (Å²) in [6, 6.07) is 10.6.